The molecule has 2 heterocycles. The fourth-order valence-electron chi connectivity index (χ4n) is 2.96. The zero-order valence-electron chi connectivity index (χ0n) is 12.9. The molecule has 0 bridgehead atoms. The first-order valence-electron chi connectivity index (χ1n) is 7.36. The molecule has 2 aromatic rings. The molecule has 0 unspecified atom stereocenters. The Morgan fingerprint density at radius 1 is 1.09 bits per heavy atom. The zero-order valence-corrected chi connectivity index (χ0v) is 12.9. The van der Waals surface area contributed by atoms with Crippen LogP contribution in [0, 0.1) is 0 Å². The number of quaternary nitrogens is 1. The number of benzene rings is 2. The molecule has 23 heavy (non-hydrogen) atoms. The van der Waals surface area contributed by atoms with Gasteiger partial charge < -0.3 is 15.1 Å². The average Bonchev–Trinajstić information content (AvgIpc) is 3.06. The van der Waals surface area contributed by atoms with Gasteiger partial charge in [0.15, 0.2) is 5.70 Å². The monoisotopic (exact) mass is 309 g/mol. The highest BCUT2D eigenvalue weighted by Gasteiger charge is 2.25. The Kier molecular flexibility index (Phi) is 4.06. The van der Waals surface area contributed by atoms with E-state index in [0.717, 1.165) is 12.3 Å². The van der Waals surface area contributed by atoms with E-state index >= 15 is 0 Å². The van der Waals surface area contributed by atoms with E-state index in [0.29, 0.717) is 0 Å². The van der Waals surface area contributed by atoms with E-state index in [1.807, 2.05) is 12.1 Å². The quantitative estimate of drug-likeness (QED) is 0.771. The van der Waals surface area contributed by atoms with Gasteiger partial charge in [0, 0.05) is 23.2 Å². The first-order chi connectivity index (χ1) is 10.8. The number of nitrogens with zero attached hydrogens (tertiary/aromatic N) is 1. The molecule has 0 fully saturated rings. The SMILES string of the molecule is COc1ccc(CN2C=c3ccccc3=C3[NH2+]NC=C32)cc1.[OH-]. The van der Waals surface area contributed by atoms with Crippen LogP contribution >= 0.6 is 0 Å². The van der Waals surface area contributed by atoms with Crippen molar-refractivity contribution in [2.75, 3.05) is 7.11 Å². The largest absolute Gasteiger partial charge is 0.870 e. The Bertz CT molecular complexity index is 857. The zero-order chi connectivity index (χ0) is 14.9. The lowest BCUT2D eigenvalue weighted by atomic mass is 10.1. The molecule has 0 saturated carbocycles. The minimum atomic E-state index is 0. The third-order valence-corrected chi connectivity index (χ3v) is 4.09. The van der Waals surface area contributed by atoms with Gasteiger partial charge in [-0.1, -0.05) is 30.3 Å². The predicted octanol–water partition coefficient (Wildman–Crippen LogP) is -0.197. The van der Waals surface area contributed by atoms with E-state index in [2.05, 4.69) is 64.5 Å². The highest BCUT2D eigenvalue weighted by Crippen LogP contribution is 2.19. The van der Waals surface area contributed by atoms with Gasteiger partial charge in [-0.05, 0) is 23.8 Å². The van der Waals surface area contributed by atoms with Gasteiger partial charge in [0.1, 0.15) is 11.4 Å². The maximum absolute atomic E-state index is 5.22. The van der Waals surface area contributed by atoms with E-state index in [4.69, 9.17) is 4.74 Å². The topological polar surface area (TPSA) is 71.1 Å². The highest BCUT2D eigenvalue weighted by atomic mass is 16.5. The molecule has 0 aliphatic carbocycles. The maximum atomic E-state index is 5.22. The fraction of sp³-hybridized carbons (Fsp3) is 0.111. The minimum Gasteiger partial charge on any atom is -0.870 e. The second-order valence-corrected chi connectivity index (χ2v) is 5.45. The highest BCUT2D eigenvalue weighted by molar-refractivity contribution is 5.62. The number of fused-ring (bicyclic) bond motifs is 2. The van der Waals surface area contributed by atoms with Gasteiger partial charge in [-0.2, -0.15) is 0 Å². The van der Waals surface area contributed by atoms with Crippen LogP contribution in [0.5, 0.6) is 5.75 Å². The van der Waals surface area contributed by atoms with Crippen LogP contribution in [-0.4, -0.2) is 17.5 Å². The van der Waals surface area contributed by atoms with E-state index in [9.17, 15) is 0 Å². The Morgan fingerprint density at radius 3 is 2.65 bits per heavy atom. The predicted molar refractivity (Wildman–Crippen MR) is 87.2 cm³/mol. The molecule has 2 aromatic carbocycles. The van der Waals surface area contributed by atoms with Crippen molar-refractivity contribution in [3.05, 3.63) is 76.4 Å². The molecule has 118 valence electrons. The molecule has 2 aliphatic heterocycles. The van der Waals surface area contributed by atoms with Gasteiger partial charge >= 0.3 is 0 Å². The van der Waals surface area contributed by atoms with Crippen molar-refractivity contribution in [2.45, 2.75) is 6.54 Å². The van der Waals surface area contributed by atoms with Gasteiger partial charge in [-0.3, -0.25) is 0 Å². The number of methoxy groups -OCH3 is 1. The fourth-order valence-corrected chi connectivity index (χ4v) is 2.96. The van der Waals surface area contributed by atoms with Gasteiger partial charge in [0.05, 0.1) is 13.3 Å². The smallest absolute Gasteiger partial charge is 0.187 e. The average molecular weight is 309 g/mol. The molecule has 2 aliphatic rings. The summed E-state index contributed by atoms with van der Waals surface area (Å²) in [6, 6.07) is 16.7. The van der Waals surface area contributed by atoms with Crippen molar-refractivity contribution >= 4 is 11.9 Å². The third kappa shape index (κ3) is 2.67. The lowest BCUT2D eigenvalue weighted by Gasteiger charge is -2.23. The minimum absolute atomic E-state index is 0. The first-order valence-corrected chi connectivity index (χ1v) is 7.36. The third-order valence-electron chi connectivity index (χ3n) is 4.09. The summed E-state index contributed by atoms with van der Waals surface area (Å²) in [6.45, 7) is 0.836. The normalized spacial score (nSPS) is 14.7. The Morgan fingerprint density at radius 2 is 1.87 bits per heavy atom. The summed E-state index contributed by atoms with van der Waals surface area (Å²) >= 11 is 0. The molecule has 4 rings (SSSR count). The summed E-state index contributed by atoms with van der Waals surface area (Å²) in [4.78, 5) is 2.29. The van der Waals surface area contributed by atoms with Gasteiger partial charge in [0.2, 0.25) is 0 Å². The van der Waals surface area contributed by atoms with Crippen molar-refractivity contribution < 1.29 is 15.6 Å². The van der Waals surface area contributed by atoms with E-state index in [1.165, 1.54) is 27.4 Å². The maximum Gasteiger partial charge on any atom is 0.187 e. The number of hydrogen-bond donors (Lipinski definition) is 2. The summed E-state index contributed by atoms with van der Waals surface area (Å²) in [6.07, 6.45) is 4.28. The summed E-state index contributed by atoms with van der Waals surface area (Å²) < 4.78 is 5.22. The number of hydrogen-bond acceptors (Lipinski definition) is 4. The second-order valence-electron chi connectivity index (χ2n) is 5.45. The van der Waals surface area contributed by atoms with E-state index in [-0.39, 0.29) is 5.48 Å². The van der Waals surface area contributed by atoms with Crippen LogP contribution in [0.15, 0.2) is 60.4 Å². The van der Waals surface area contributed by atoms with E-state index in [1.54, 1.807) is 7.11 Å². The Balaban J connectivity index is 0.00000156. The van der Waals surface area contributed by atoms with Crippen LogP contribution in [-0.2, 0) is 6.54 Å². The van der Waals surface area contributed by atoms with Gasteiger partial charge in [-0.15, -0.1) is 0 Å². The summed E-state index contributed by atoms with van der Waals surface area (Å²) in [5.74, 6) is 0.888. The summed E-state index contributed by atoms with van der Waals surface area (Å²) in [5.41, 5.74) is 9.03. The molecule has 5 heteroatoms. The Hall–Kier alpha value is -2.76. The molecule has 0 amide bonds. The van der Waals surface area contributed by atoms with E-state index < -0.39 is 0 Å². The van der Waals surface area contributed by atoms with Gasteiger partial charge in [-0.25, -0.2) is 10.9 Å². The lowest BCUT2D eigenvalue weighted by Crippen LogP contribution is -2.88. The molecule has 5 nitrogen and oxygen atoms in total. The van der Waals surface area contributed by atoms with Crippen LogP contribution in [0.4, 0.5) is 0 Å². The lowest BCUT2D eigenvalue weighted by molar-refractivity contribution is -0.609. The molecule has 0 aromatic heterocycles. The van der Waals surface area contributed by atoms with Crippen molar-refractivity contribution in [3.63, 3.8) is 0 Å². The molecule has 0 atom stereocenters. The molecule has 0 saturated heterocycles. The molecular weight excluding hydrogens is 290 g/mol. The Labute approximate surface area is 134 Å². The molecule has 0 radical (unpaired) electrons. The standard InChI is InChI=1S/C18H17N3O.H2O/c1-22-15-8-6-13(7-9-15)11-21-12-14-4-2-3-5-16(14)18-17(21)10-19-20-18;/h2-10,12,19-20H,11H2,1H3;1H2. The number of nitrogens with two attached hydrogens (primary N) is 1. The van der Waals surface area contributed by atoms with Crippen molar-refractivity contribution in [3.8, 4) is 5.75 Å². The first kappa shape index (κ1) is 15.1. The van der Waals surface area contributed by atoms with Crippen molar-refractivity contribution in [1.29, 1.82) is 0 Å². The van der Waals surface area contributed by atoms with Crippen LogP contribution < -0.4 is 26.0 Å². The van der Waals surface area contributed by atoms with Crippen LogP contribution in [0.3, 0.4) is 0 Å². The molecule has 0 spiro atoms. The molecule has 4 N–H and O–H groups in total. The van der Waals surface area contributed by atoms with Crippen molar-refractivity contribution in [1.82, 2.24) is 10.3 Å². The second kappa shape index (κ2) is 6.16. The van der Waals surface area contributed by atoms with Crippen LogP contribution in [0.2, 0.25) is 0 Å². The summed E-state index contributed by atoms with van der Waals surface area (Å²) in [7, 11) is 1.69. The van der Waals surface area contributed by atoms with Crippen LogP contribution in [0.1, 0.15) is 5.56 Å². The number of rotatable bonds is 3. The van der Waals surface area contributed by atoms with Gasteiger partial charge in [0.25, 0.3) is 0 Å². The molecular formula is C18H19N3O2. The van der Waals surface area contributed by atoms with Crippen molar-refractivity contribution in [2.24, 2.45) is 0 Å². The number of nitrogens with one attached hydrogen (secondary N) is 1. The number of ether oxygens (including phenoxy) is 1. The summed E-state index contributed by atoms with van der Waals surface area (Å²) in [5, 5.41) is 2.54. The van der Waals surface area contributed by atoms with Crippen LogP contribution in [0.25, 0.3) is 11.9 Å².